The number of hydrogen-bond acceptors (Lipinski definition) is 5. The first-order valence-electron chi connectivity index (χ1n) is 7.01. The van der Waals surface area contributed by atoms with Crippen molar-refractivity contribution in [2.45, 2.75) is 19.9 Å². The van der Waals surface area contributed by atoms with E-state index in [1.54, 1.807) is 12.3 Å². The minimum absolute atomic E-state index is 0.0543. The third-order valence-corrected chi connectivity index (χ3v) is 4.78. The molecule has 0 saturated carbocycles. The van der Waals surface area contributed by atoms with Crippen LogP contribution in [0, 0.1) is 6.92 Å². The van der Waals surface area contributed by atoms with Crippen molar-refractivity contribution in [3.8, 4) is 0 Å². The molecule has 3 rings (SSSR count). The third kappa shape index (κ3) is 3.73. The summed E-state index contributed by atoms with van der Waals surface area (Å²) in [5.41, 5.74) is 1.56. The topological polar surface area (TPSA) is 61.4 Å². The Balaban J connectivity index is 1.56. The minimum Gasteiger partial charge on any atom is -0.464 e. The van der Waals surface area contributed by atoms with Crippen molar-refractivity contribution in [3.63, 3.8) is 0 Å². The van der Waals surface area contributed by atoms with Crippen LogP contribution in [0.4, 0.5) is 0 Å². The molecule has 1 aromatic carbocycles. The lowest BCUT2D eigenvalue weighted by Crippen LogP contribution is -2.22. The van der Waals surface area contributed by atoms with Crippen molar-refractivity contribution in [1.82, 2.24) is 4.57 Å². The number of rotatable bonds is 5. The highest BCUT2D eigenvalue weighted by molar-refractivity contribution is 9.10. The molecule has 23 heavy (non-hydrogen) atoms. The molecule has 0 amide bonds. The van der Waals surface area contributed by atoms with E-state index in [-0.39, 0.29) is 18.0 Å². The van der Waals surface area contributed by atoms with Crippen LogP contribution in [-0.2, 0) is 22.5 Å². The molecule has 0 spiro atoms. The highest BCUT2D eigenvalue weighted by atomic mass is 79.9. The number of halogens is 1. The number of carbonyl (C=O) groups excluding carboxylic acids is 1. The number of ether oxygens (including phenoxy) is 1. The number of thiazole rings is 1. The molecule has 120 valence electrons. The number of aromatic nitrogens is 1. The van der Waals surface area contributed by atoms with Crippen molar-refractivity contribution in [3.05, 3.63) is 55.2 Å². The van der Waals surface area contributed by atoms with E-state index < -0.39 is 5.97 Å². The largest absolute Gasteiger partial charge is 0.464 e. The highest BCUT2D eigenvalue weighted by Crippen LogP contribution is 2.23. The lowest BCUT2D eigenvalue weighted by atomic mass is 10.2. The summed E-state index contributed by atoms with van der Waals surface area (Å²) in [5, 5.41) is 2.73. The molecule has 0 unspecified atom stereocenters. The van der Waals surface area contributed by atoms with Gasteiger partial charge in [-0.2, -0.15) is 0 Å². The number of furan rings is 1. The van der Waals surface area contributed by atoms with Crippen LogP contribution in [0.5, 0.6) is 0 Å². The number of benzene rings is 1. The third-order valence-electron chi connectivity index (χ3n) is 3.40. The summed E-state index contributed by atoms with van der Waals surface area (Å²) in [6.45, 7) is 1.96. The van der Waals surface area contributed by atoms with E-state index in [0.717, 1.165) is 38.2 Å². The molecule has 2 heterocycles. The van der Waals surface area contributed by atoms with E-state index in [1.807, 2.05) is 24.3 Å². The van der Waals surface area contributed by atoms with E-state index in [2.05, 4.69) is 15.9 Å². The molecule has 0 saturated heterocycles. The van der Waals surface area contributed by atoms with Gasteiger partial charge in [0.05, 0.1) is 6.61 Å². The summed E-state index contributed by atoms with van der Waals surface area (Å²) in [6, 6.07) is 7.71. The van der Waals surface area contributed by atoms with Gasteiger partial charge >= 0.3 is 10.8 Å². The molecule has 0 radical (unpaired) electrons. The Hall–Kier alpha value is -1.86. The zero-order valence-electron chi connectivity index (χ0n) is 12.4. The maximum absolute atomic E-state index is 11.8. The molecular weight excluding hydrogens is 382 g/mol. The van der Waals surface area contributed by atoms with E-state index in [1.165, 1.54) is 4.57 Å². The molecule has 0 atom stereocenters. The summed E-state index contributed by atoms with van der Waals surface area (Å²) in [5.74, 6) is 0.335. The molecule has 0 bridgehead atoms. The zero-order valence-corrected chi connectivity index (χ0v) is 14.8. The van der Waals surface area contributed by atoms with Crippen LogP contribution >= 0.6 is 27.3 Å². The van der Waals surface area contributed by atoms with Gasteiger partial charge in [0.2, 0.25) is 0 Å². The molecule has 0 aliphatic heterocycles. The number of fused-ring (bicyclic) bond motifs is 1. The minimum atomic E-state index is -0.424. The van der Waals surface area contributed by atoms with Crippen LogP contribution in [0.3, 0.4) is 0 Å². The van der Waals surface area contributed by atoms with Crippen molar-refractivity contribution in [2.24, 2.45) is 0 Å². The van der Waals surface area contributed by atoms with Gasteiger partial charge in [-0.3, -0.25) is 14.2 Å². The summed E-state index contributed by atoms with van der Waals surface area (Å²) in [4.78, 5) is 23.2. The van der Waals surface area contributed by atoms with Crippen LogP contribution in [-0.4, -0.2) is 17.1 Å². The average molecular weight is 396 g/mol. The van der Waals surface area contributed by atoms with Crippen molar-refractivity contribution >= 4 is 44.2 Å². The van der Waals surface area contributed by atoms with E-state index in [4.69, 9.17) is 9.15 Å². The number of nitrogens with zero attached hydrogens (tertiary/aromatic N) is 1. The monoisotopic (exact) mass is 395 g/mol. The maximum Gasteiger partial charge on any atom is 0.326 e. The molecule has 3 aromatic rings. The fourth-order valence-corrected chi connectivity index (χ4v) is 3.34. The molecule has 0 N–H and O–H groups in total. The number of carbonyl (C=O) groups is 1. The molecule has 0 aliphatic rings. The smallest absolute Gasteiger partial charge is 0.326 e. The van der Waals surface area contributed by atoms with Crippen LogP contribution in [0.2, 0.25) is 0 Å². The molecular formula is C16H14BrNO4S. The van der Waals surface area contributed by atoms with Crippen LogP contribution in [0.15, 0.2) is 43.3 Å². The van der Waals surface area contributed by atoms with Crippen molar-refractivity contribution in [1.29, 1.82) is 0 Å². The fraction of sp³-hybridized carbons (Fsp3) is 0.250. The van der Waals surface area contributed by atoms with Crippen molar-refractivity contribution in [2.75, 3.05) is 6.61 Å². The second-order valence-electron chi connectivity index (χ2n) is 5.09. The second-order valence-corrected chi connectivity index (χ2v) is 6.83. The van der Waals surface area contributed by atoms with Crippen LogP contribution in [0.1, 0.15) is 11.5 Å². The Morgan fingerprint density at radius 2 is 2.22 bits per heavy atom. The van der Waals surface area contributed by atoms with E-state index >= 15 is 0 Å². The predicted molar refractivity (Wildman–Crippen MR) is 91.9 cm³/mol. The first kappa shape index (κ1) is 16.0. The highest BCUT2D eigenvalue weighted by Gasteiger charge is 2.10. The normalized spacial score (nSPS) is 11.0. The van der Waals surface area contributed by atoms with E-state index in [9.17, 15) is 9.59 Å². The Bertz CT molecular complexity index is 908. The Kier molecular flexibility index (Phi) is 4.68. The lowest BCUT2D eigenvalue weighted by molar-refractivity contribution is -0.144. The van der Waals surface area contributed by atoms with Gasteiger partial charge in [-0.1, -0.05) is 27.3 Å². The summed E-state index contributed by atoms with van der Waals surface area (Å²) < 4.78 is 13.3. The average Bonchev–Trinajstić information content (AvgIpc) is 3.04. The van der Waals surface area contributed by atoms with Gasteiger partial charge in [-0.05, 0) is 31.2 Å². The molecule has 2 aromatic heterocycles. The van der Waals surface area contributed by atoms with Crippen LogP contribution in [0.25, 0.3) is 11.0 Å². The Labute approximate surface area is 144 Å². The first-order chi connectivity index (χ1) is 11.0. The summed E-state index contributed by atoms with van der Waals surface area (Å²) >= 11 is 4.49. The van der Waals surface area contributed by atoms with Crippen molar-refractivity contribution < 1.29 is 13.9 Å². The Morgan fingerprint density at radius 3 is 2.96 bits per heavy atom. The first-order valence-corrected chi connectivity index (χ1v) is 8.69. The molecule has 5 nitrogen and oxygen atoms in total. The molecule has 0 fully saturated rings. The lowest BCUT2D eigenvalue weighted by Gasteiger charge is -2.05. The number of aryl methyl sites for hydroxylation is 1. The SMILES string of the molecule is Cc1csc(=O)n1CC(=O)OCCc1cc2cc(Br)ccc2o1. The second kappa shape index (κ2) is 6.72. The Morgan fingerprint density at radius 1 is 1.39 bits per heavy atom. The molecule has 0 aliphatic carbocycles. The number of esters is 1. The summed E-state index contributed by atoms with van der Waals surface area (Å²) in [6.07, 6.45) is 0.496. The van der Waals surface area contributed by atoms with Gasteiger partial charge in [0.25, 0.3) is 0 Å². The van der Waals surface area contributed by atoms with E-state index in [0.29, 0.717) is 6.42 Å². The van der Waals surface area contributed by atoms with Gasteiger partial charge in [-0.15, -0.1) is 0 Å². The van der Waals surface area contributed by atoms with Gasteiger partial charge in [0.1, 0.15) is 17.9 Å². The fourth-order valence-electron chi connectivity index (χ4n) is 2.23. The van der Waals surface area contributed by atoms with Gasteiger partial charge in [0, 0.05) is 27.4 Å². The number of hydrogen-bond donors (Lipinski definition) is 0. The van der Waals surface area contributed by atoms with Gasteiger partial charge < -0.3 is 9.15 Å². The summed E-state index contributed by atoms with van der Waals surface area (Å²) in [7, 11) is 0. The van der Waals surface area contributed by atoms with Gasteiger partial charge in [-0.25, -0.2) is 0 Å². The zero-order chi connectivity index (χ0) is 16.4. The van der Waals surface area contributed by atoms with Crippen LogP contribution < -0.4 is 4.87 Å². The maximum atomic E-state index is 11.8. The standard InChI is InChI=1S/C16H14BrNO4S/c1-10-9-23-16(20)18(10)8-15(19)21-5-4-13-7-11-6-12(17)2-3-14(11)22-13/h2-3,6-7,9H,4-5,8H2,1H3. The quantitative estimate of drug-likeness (QED) is 0.620. The van der Waals surface area contributed by atoms with Gasteiger partial charge in [0.15, 0.2) is 0 Å². The predicted octanol–water partition coefficient (Wildman–Crippen LogP) is 3.51. The molecule has 7 heteroatoms.